The van der Waals surface area contributed by atoms with Crippen LogP contribution >= 0.6 is 0 Å². The predicted octanol–water partition coefficient (Wildman–Crippen LogP) is 1.43. The predicted molar refractivity (Wildman–Crippen MR) is 63.2 cm³/mol. The normalized spacial score (nSPS) is 24.2. The van der Waals surface area contributed by atoms with Crippen molar-refractivity contribution in [2.75, 3.05) is 6.54 Å². The summed E-state index contributed by atoms with van der Waals surface area (Å²) in [5, 5.41) is 9.28. The van der Waals surface area contributed by atoms with Crippen molar-refractivity contribution in [1.29, 1.82) is 0 Å². The third-order valence-electron chi connectivity index (χ3n) is 2.96. The van der Waals surface area contributed by atoms with Crippen molar-refractivity contribution in [3.05, 3.63) is 0 Å². The molecule has 1 rings (SSSR count). The third kappa shape index (κ3) is 2.32. The zero-order valence-electron chi connectivity index (χ0n) is 11.1. The Hall–Kier alpha value is -1.59. The summed E-state index contributed by atoms with van der Waals surface area (Å²) in [5.41, 5.74) is -2.48. The summed E-state index contributed by atoms with van der Waals surface area (Å²) in [6.45, 7) is 6.74. The van der Waals surface area contributed by atoms with Crippen LogP contribution in [-0.2, 0) is 14.3 Å². The minimum atomic E-state index is -1.76. The van der Waals surface area contributed by atoms with Gasteiger partial charge in [-0.3, -0.25) is 9.69 Å². The molecule has 18 heavy (non-hydrogen) atoms. The van der Waals surface area contributed by atoms with E-state index >= 15 is 0 Å². The lowest BCUT2D eigenvalue weighted by molar-refractivity contribution is -0.153. The Bertz CT molecular complexity index is 384. The Balaban J connectivity index is 3.04. The van der Waals surface area contributed by atoms with Crippen LogP contribution in [-0.4, -0.2) is 45.5 Å². The lowest BCUT2D eigenvalue weighted by atomic mass is 9.92. The molecule has 1 atom stereocenters. The number of ether oxygens (including phenoxy) is 1. The maximum absolute atomic E-state index is 12.0. The number of nitrogens with zero attached hydrogens (tertiary/aromatic N) is 1. The molecule has 0 radical (unpaired) electrons. The van der Waals surface area contributed by atoms with E-state index in [1.54, 1.807) is 27.7 Å². The summed E-state index contributed by atoms with van der Waals surface area (Å²) in [5.74, 6) is -1.73. The van der Waals surface area contributed by atoms with Gasteiger partial charge in [0.15, 0.2) is 5.78 Å². The quantitative estimate of drug-likeness (QED) is 0.756. The fourth-order valence-corrected chi connectivity index (χ4v) is 2.10. The highest BCUT2D eigenvalue weighted by Gasteiger charge is 2.56. The van der Waals surface area contributed by atoms with Crippen LogP contribution in [0, 0.1) is 0 Å². The molecule has 0 saturated carbocycles. The highest BCUT2D eigenvalue weighted by molar-refractivity contribution is 6.11. The summed E-state index contributed by atoms with van der Waals surface area (Å²) in [6, 6.07) is 0. The molecule has 0 aromatic carbocycles. The Morgan fingerprint density at radius 1 is 1.44 bits per heavy atom. The first-order valence-corrected chi connectivity index (χ1v) is 5.92. The lowest BCUT2D eigenvalue weighted by Gasteiger charge is -2.33. The summed E-state index contributed by atoms with van der Waals surface area (Å²) in [7, 11) is 0. The van der Waals surface area contributed by atoms with Gasteiger partial charge in [-0.15, -0.1) is 0 Å². The Kier molecular flexibility index (Phi) is 3.69. The molecule has 0 aromatic rings. The van der Waals surface area contributed by atoms with Crippen molar-refractivity contribution in [2.24, 2.45) is 0 Å². The third-order valence-corrected chi connectivity index (χ3v) is 2.96. The van der Waals surface area contributed by atoms with E-state index in [9.17, 15) is 19.5 Å². The van der Waals surface area contributed by atoms with Gasteiger partial charge in [-0.05, 0) is 27.2 Å². The molecule has 0 unspecified atom stereocenters. The standard InChI is InChI=1S/C12H19NO5/c1-5-12(9(15)16)8(14)6-7-13(12)10(17)18-11(2,3)4/h5-7H2,1-4H3,(H,15,16)/t12-/m0/s1. The van der Waals surface area contributed by atoms with Gasteiger partial charge in [0, 0.05) is 13.0 Å². The van der Waals surface area contributed by atoms with Gasteiger partial charge < -0.3 is 9.84 Å². The number of hydrogen-bond acceptors (Lipinski definition) is 4. The molecule has 6 heteroatoms. The molecule has 102 valence electrons. The van der Waals surface area contributed by atoms with E-state index in [0.29, 0.717) is 0 Å². The monoisotopic (exact) mass is 257 g/mol. The van der Waals surface area contributed by atoms with E-state index in [4.69, 9.17) is 4.74 Å². The maximum atomic E-state index is 12.0. The first-order chi connectivity index (χ1) is 8.15. The highest BCUT2D eigenvalue weighted by atomic mass is 16.6. The molecule has 0 bridgehead atoms. The molecular formula is C12H19NO5. The zero-order valence-corrected chi connectivity index (χ0v) is 11.1. The first-order valence-electron chi connectivity index (χ1n) is 5.92. The minimum Gasteiger partial charge on any atom is -0.479 e. The second kappa shape index (κ2) is 4.59. The second-order valence-electron chi connectivity index (χ2n) is 5.32. The number of aliphatic carboxylic acids is 1. The van der Waals surface area contributed by atoms with Gasteiger partial charge in [-0.25, -0.2) is 9.59 Å². The van der Waals surface area contributed by atoms with Crippen LogP contribution in [0.1, 0.15) is 40.5 Å². The molecule has 0 aliphatic carbocycles. The molecule has 1 fully saturated rings. The van der Waals surface area contributed by atoms with Crippen molar-refractivity contribution in [2.45, 2.75) is 51.7 Å². The van der Waals surface area contributed by atoms with Gasteiger partial charge >= 0.3 is 12.1 Å². The SMILES string of the molecule is CC[C@@]1(C(=O)O)C(=O)CCN1C(=O)OC(C)(C)C. The summed E-state index contributed by atoms with van der Waals surface area (Å²) < 4.78 is 5.15. The fourth-order valence-electron chi connectivity index (χ4n) is 2.10. The van der Waals surface area contributed by atoms with Crippen molar-refractivity contribution in [3.63, 3.8) is 0 Å². The average molecular weight is 257 g/mol. The van der Waals surface area contributed by atoms with Gasteiger partial charge in [0.1, 0.15) is 5.60 Å². The number of carbonyl (C=O) groups is 3. The molecule has 6 nitrogen and oxygen atoms in total. The number of carboxylic acid groups (broad SMARTS) is 1. The van der Waals surface area contributed by atoms with Crippen LogP contribution in [0.25, 0.3) is 0 Å². The number of rotatable bonds is 2. The number of amides is 1. The van der Waals surface area contributed by atoms with Crippen LogP contribution in [0.4, 0.5) is 4.79 Å². The zero-order chi connectivity index (χ0) is 14.1. The van der Waals surface area contributed by atoms with Crippen molar-refractivity contribution >= 4 is 17.8 Å². The molecule has 0 aromatic heterocycles. The van der Waals surface area contributed by atoms with Gasteiger partial charge in [0.25, 0.3) is 0 Å². The van der Waals surface area contributed by atoms with Crippen molar-refractivity contribution in [3.8, 4) is 0 Å². The fraction of sp³-hybridized carbons (Fsp3) is 0.750. The topological polar surface area (TPSA) is 83.9 Å². The molecular weight excluding hydrogens is 238 g/mol. The molecule has 1 aliphatic rings. The maximum Gasteiger partial charge on any atom is 0.411 e. The number of carbonyl (C=O) groups excluding carboxylic acids is 2. The van der Waals surface area contributed by atoms with E-state index in [-0.39, 0.29) is 19.4 Å². The van der Waals surface area contributed by atoms with E-state index in [1.165, 1.54) is 0 Å². The van der Waals surface area contributed by atoms with Crippen molar-refractivity contribution < 1.29 is 24.2 Å². The van der Waals surface area contributed by atoms with Crippen molar-refractivity contribution in [1.82, 2.24) is 4.90 Å². The molecule has 1 heterocycles. The summed E-state index contributed by atoms with van der Waals surface area (Å²) >= 11 is 0. The second-order valence-corrected chi connectivity index (χ2v) is 5.32. The Morgan fingerprint density at radius 2 is 2.00 bits per heavy atom. The summed E-state index contributed by atoms with van der Waals surface area (Å²) in [6.07, 6.45) is -0.655. The summed E-state index contributed by atoms with van der Waals surface area (Å²) in [4.78, 5) is 36.2. The van der Waals surface area contributed by atoms with Crippen LogP contribution < -0.4 is 0 Å². The Labute approximate surface area is 106 Å². The number of hydrogen-bond donors (Lipinski definition) is 1. The molecule has 0 spiro atoms. The molecule has 1 saturated heterocycles. The van der Waals surface area contributed by atoms with Gasteiger partial charge in [-0.1, -0.05) is 6.92 Å². The number of ketones is 1. The van der Waals surface area contributed by atoms with E-state index < -0.39 is 29.0 Å². The first kappa shape index (κ1) is 14.5. The minimum absolute atomic E-state index is 0.0421. The number of Topliss-reactive ketones (excluding diaryl/α,β-unsaturated/α-hetero) is 1. The smallest absolute Gasteiger partial charge is 0.411 e. The van der Waals surface area contributed by atoms with Gasteiger partial charge in [0.2, 0.25) is 5.54 Å². The largest absolute Gasteiger partial charge is 0.479 e. The highest BCUT2D eigenvalue weighted by Crippen LogP contribution is 2.31. The number of likely N-dealkylation sites (tertiary alicyclic amines) is 1. The number of carboxylic acids is 1. The molecule has 1 N–H and O–H groups in total. The molecule has 1 aliphatic heterocycles. The Morgan fingerprint density at radius 3 is 2.39 bits per heavy atom. The van der Waals surface area contributed by atoms with Gasteiger partial charge in [-0.2, -0.15) is 0 Å². The van der Waals surface area contributed by atoms with E-state index in [1.807, 2.05) is 0 Å². The van der Waals surface area contributed by atoms with E-state index in [0.717, 1.165) is 4.90 Å². The molecule has 1 amide bonds. The van der Waals surface area contributed by atoms with E-state index in [2.05, 4.69) is 0 Å². The van der Waals surface area contributed by atoms with Crippen LogP contribution in [0.2, 0.25) is 0 Å². The van der Waals surface area contributed by atoms with Crippen LogP contribution in [0.3, 0.4) is 0 Å². The van der Waals surface area contributed by atoms with Gasteiger partial charge in [0.05, 0.1) is 0 Å². The average Bonchev–Trinajstić information content (AvgIpc) is 2.53. The lowest BCUT2D eigenvalue weighted by Crippen LogP contribution is -2.57. The van der Waals surface area contributed by atoms with Crippen LogP contribution in [0.5, 0.6) is 0 Å². The van der Waals surface area contributed by atoms with Crippen LogP contribution in [0.15, 0.2) is 0 Å².